The van der Waals surface area contributed by atoms with E-state index >= 15 is 0 Å². The fourth-order valence-electron chi connectivity index (χ4n) is 1.36. The number of benzene rings is 1. The fraction of sp³-hybridized carbons (Fsp3) is 0.385. The fourth-order valence-corrected chi connectivity index (χ4v) is 1.94. The van der Waals surface area contributed by atoms with Crippen LogP contribution >= 0.6 is 22.6 Å². The van der Waals surface area contributed by atoms with Gasteiger partial charge in [0.25, 0.3) is 5.91 Å². The average Bonchev–Trinajstić information content (AvgIpc) is 2.31. The van der Waals surface area contributed by atoms with Crippen molar-refractivity contribution in [1.29, 1.82) is 0 Å². The summed E-state index contributed by atoms with van der Waals surface area (Å²) >= 11 is 1.95. The summed E-state index contributed by atoms with van der Waals surface area (Å²) in [6.45, 7) is 3.41. The molecule has 1 aromatic carbocycles. The highest BCUT2D eigenvalue weighted by Crippen LogP contribution is 2.19. The summed E-state index contributed by atoms with van der Waals surface area (Å²) in [7, 11) is 0. The van der Waals surface area contributed by atoms with Crippen molar-refractivity contribution in [3.05, 3.63) is 33.1 Å². The smallest absolute Gasteiger partial charge is 0.309 e. The van der Waals surface area contributed by atoms with Crippen LogP contribution in [-0.4, -0.2) is 23.5 Å². The van der Waals surface area contributed by atoms with Gasteiger partial charge in [-0.3, -0.25) is 9.59 Å². The molecule has 0 heterocycles. The Hall–Kier alpha value is -1.18. The standard InChI is InChI=1S/C13H15FINO3/c1-13(2,12(18)19)5-6-16-11(17)9-7-8(14)3-4-10(9)15/h3-4,7H,5-6H2,1-2H3,(H,16,17)(H,18,19). The van der Waals surface area contributed by atoms with Crippen LogP contribution in [0.2, 0.25) is 0 Å². The van der Waals surface area contributed by atoms with Crippen LogP contribution in [0.4, 0.5) is 4.39 Å². The number of hydrogen-bond donors (Lipinski definition) is 2. The molecule has 4 nitrogen and oxygen atoms in total. The van der Waals surface area contributed by atoms with E-state index in [9.17, 15) is 14.0 Å². The minimum atomic E-state index is -0.915. The van der Waals surface area contributed by atoms with Gasteiger partial charge in [-0.25, -0.2) is 4.39 Å². The number of nitrogens with one attached hydrogen (secondary N) is 1. The third-order valence-electron chi connectivity index (χ3n) is 2.79. The lowest BCUT2D eigenvalue weighted by Gasteiger charge is -2.19. The summed E-state index contributed by atoms with van der Waals surface area (Å²) in [6.07, 6.45) is 0.306. The van der Waals surface area contributed by atoms with Gasteiger partial charge in [-0.05, 0) is 61.1 Å². The monoisotopic (exact) mass is 379 g/mol. The van der Waals surface area contributed by atoms with Gasteiger partial charge in [0.15, 0.2) is 0 Å². The van der Waals surface area contributed by atoms with Gasteiger partial charge in [0.05, 0.1) is 11.0 Å². The van der Waals surface area contributed by atoms with Gasteiger partial charge in [-0.15, -0.1) is 0 Å². The SMILES string of the molecule is CC(C)(CCNC(=O)c1cc(F)ccc1I)C(=O)O. The van der Waals surface area contributed by atoms with Gasteiger partial charge < -0.3 is 10.4 Å². The summed E-state index contributed by atoms with van der Waals surface area (Å²) < 4.78 is 13.7. The minimum Gasteiger partial charge on any atom is -0.481 e. The van der Waals surface area contributed by atoms with Crippen molar-refractivity contribution in [2.45, 2.75) is 20.3 Å². The summed E-state index contributed by atoms with van der Waals surface area (Å²) in [5.74, 6) is -1.79. The third kappa shape index (κ3) is 4.45. The summed E-state index contributed by atoms with van der Waals surface area (Å²) in [5, 5.41) is 11.5. The second-order valence-corrected chi connectivity index (χ2v) is 5.98. The molecule has 0 bridgehead atoms. The average molecular weight is 379 g/mol. The first-order valence-corrected chi connectivity index (χ1v) is 6.78. The highest BCUT2D eigenvalue weighted by Gasteiger charge is 2.26. The van der Waals surface area contributed by atoms with Crippen molar-refractivity contribution >= 4 is 34.5 Å². The van der Waals surface area contributed by atoms with Gasteiger partial charge in [-0.1, -0.05) is 0 Å². The minimum absolute atomic E-state index is 0.227. The first-order valence-electron chi connectivity index (χ1n) is 5.70. The van der Waals surface area contributed by atoms with Gasteiger partial charge in [-0.2, -0.15) is 0 Å². The Morgan fingerprint density at radius 2 is 2.05 bits per heavy atom. The Morgan fingerprint density at radius 1 is 1.42 bits per heavy atom. The second-order valence-electron chi connectivity index (χ2n) is 4.82. The molecule has 0 aliphatic heterocycles. The molecule has 0 aromatic heterocycles. The Labute approximate surface area is 124 Å². The quantitative estimate of drug-likeness (QED) is 0.774. The molecule has 1 aromatic rings. The Kier molecular flexibility index (Phi) is 5.28. The van der Waals surface area contributed by atoms with Crippen molar-refractivity contribution in [3.8, 4) is 0 Å². The van der Waals surface area contributed by atoms with E-state index in [-0.39, 0.29) is 12.1 Å². The number of carbonyl (C=O) groups is 2. The maximum Gasteiger partial charge on any atom is 0.309 e. The number of hydrogen-bond acceptors (Lipinski definition) is 2. The van der Waals surface area contributed by atoms with E-state index in [0.29, 0.717) is 9.99 Å². The van der Waals surface area contributed by atoms with Crippen molar-refractivity contribution in [1.82, 2.24) is 5.32 Å². The molecule has 104 valence electrons. The zero-order valence-electron chi connectivity index (χ0n) is 10.7. The predicted octanol–water partition coefficient (Wildman–Crippen LogP) is 2.66. The Morgan fingerprint density at radius 3 is 2.63 bits per heavy atom. The van der Waals surface area contributed by atoms with E-state index in [0.717, 1.165) is 0 Å². The number of carboxylic acids is 1. The lowest BCUT2D eigenvalue weighted by Crippen LogP contribution is -2.32. The topological polar surface area (TPSA) is 66.4 Å². The Balaban J connectivity index is 2.62. The molecule has 1 rings (SSSR count). The van der Waals surface area contributed by atoms with Crippen LogP contribution in [0.3, 0.4) is 0 Å². The summed E-state index contributed by atoms with van der Waals surface area (Å²) in [5.41, 5.74) is -0.642. The molecule has 0 unspecified atom stereocenters. The van der Waals surface area contributed by atoms with Crippen molar-refractivity contribution in [2.75, 3.05) is 6.54 Å². The van der Waals surface area contributed by atoms with Crippen LogP contribution in [0.15, 0.2) is 18.2 Å². The highest BCUT2D eigenvalue weighted by atomic mass is 127. The first kappa shape index (κ1) is 15.9. The van der Waals surface area contributed by atoms with E-state index in [1.165, 1.54) is 18.2 Å². The number of aliphatic carboxylic acids is 1. The summed E-state index contributed by atoms with van der Waals surface area (Å²) in [6, 6.07) is 3.97. The molecular weight excluding hydrogens is 364 g/mol. The third-order valence-corrected chi connectivity index (χ3v) is 3.73. The molecule has 6 heteroatoms. The molecule has 0 saturated heterocycles. The Bertz CT molecular complexity index is 503. The van der Waals surface area contributed by atoms with E-state index in [4.69, 9.17) is 5.11 Å². The molecule has 0 aliphatic rings. The number of amides is 1. The molecule has 19 heavy (non-hydrogen) atoms. The van der Waals surface area contributed by atoms with Crippen molar-refractivity contribution in [3.63, 3.8) is 0 Å². The number of carboxylic acid groups (broad SMARTS) is 1. The van der Waals surface area contributed by atoms with Crippen LogP contribution in [0, 0.1) is 14.8 Å². The molecule has 1 amide bonds. The molecular formula is C13H15FINO3. The molecule has 0 fully saturated rings. The van der Waals surface area contributed by atoms with Crippen LogP contribution in [0.1, 0.15) is 30.6 Å². The lowest BCUT2D eigenvalue weighted by atomic mass is 9.90. The molecule has 0 radical (unpaired) electrons. The van der Waals surface area contributed by atoms with E-state index < -0.39 is 23.1 Å². The van der Waals surface area contributed by atoms with Crippen molar-refractivity contribution < 1.29 is 19.1 Å². The predicted molar refractivity (Wildman–Crippen MR) is 77.5 cm³/mol. The molecule has 0 spiro atoms. The molecule has 0 atom stereocenters. The number of halogens is 2. The normalized spacial score (nSPS) is 11.2. The first-order chi connectivity index (χ1) is 8.74. The van der Waals surface area contributed by atoms with Crippen LogP contribution in [0.5, 0.6) is 0 Å². The molecule has 0 saturated carbocycles. The van der Waals surface area contributed by atoms with Gasteiger partial charge in [0, 0.05) is 10.1 Å². The molecule has 0 aliphatic carbocycles. The number of rotatable bonds is 5. The largest absolute Gasteiger partial charge is 0.481 e. The zero-order chi connectivity index (χ0) is 14.6. The van der Waals surface area contributed by atoms with Gasteiger partial charge in [0.1, 0.15) is 5.82 Å². The van der Waals surface area contributed by atoms with Crippen LogP contribution in [-0.2, 0) is 4.79 Å². The maximum absolute atomic E-state index is 13.1. The van der Waals surface area contributed by atoms with Crippen molar-refractivity contribution in [2.24, 2.45) is 5.41 Å². The zero-order valence-corrected chi connectivity index (χ0v) is 12.8. The van der Waals surface area contributed by atoms with E-state index in [2.05, 4.69) is 5.32 Å². The lowest BCUT2D eigenvalue weighted by molar-refractivity contribution is -0.147. The van der Waals surface area contributed by atoms with Crippen LogP contribution in [0.25, 0.3) is 0 Å². The number of carbonyl (C=O) groups excluding carboxylic acids is 1. The second kappa shape index (κ2) is 6.31. The van der Waals surface area contributed by atoms with E-state index in [1.54, 1.807) is 13.8 Å². The van der Waals surface area contributed by atoms with Gasteiger partial charge in [0.2, 0.25) is 0 Å². The molecule has 2 N–H and O–H groups in total. The maximum atomic E-state index is 13.1. The van der Waals surface area contributed by atoms with E-state index in [1.807, 2.05) is 22.6 Å². The summed E-state index contributed by atoms with van der Waals surface area (Å²) in [4.78, 5) is 22.7. The van der Waals surface area contributed by atoms with Gasteiger partial charge >= 0.3 is 5.97 Å². The highest BCUT2D eigenvalue weighted by molar-refractivity contribution is 14.1. The van der Waals surface area contributed by atoms with Crippen LogP contribution < -0.4 is 5.32 Å².